The summed E-state index contributed by atoms with van der Waals surface area (Å²) in [5.41, 5.74) is 0. The fraction of sp³-hybridized carbons (Fsp3) is 0.860. The number of quaternary nitrogens is 1. The zero-order chi connectivity index (χ0) is 43.6. The topological polar surface area (TPSA) is 105 Å². The molecule has 8 nitrogen and oxygen atoms in total. The number of aliphatic hydroxyl groups excluding tert-OH is 1. The molecule has 0 aliphatic rings. The number of hydrogen-bond acceptors (Lipinski definition) is 5. The van der Waals surface area contributed by atoms with Crippen molar-refractivity contribution in [1.29, 1.82) is 0 Å². The average Bonchev–Trinajstić information content (AvgIpc) is 3.19. The number of hydrogen-bond donors (Lipinski definition) is 3. The molecule has 0 bridgehead atoms. The van der Waals surface area contributed by atoms with E-state index >= 15 is 0 Å². The van der Waals surface area contributed by atoms with Crippen LogP contribution in [0.25, 0.3) is 0 Å². The molecular formula is C50H98N2O6P+. The van der Waals surface area contributed by atoms with Gasteiger partial charge in [0.15, 0.2) is 0 Å². The van der Waals surface area contributed by atoms with Gasteiger partial charge in [0.2, 0.25) is 5.91 Å². The minimum absolute atomic E-state index is 0.0547. The van der Waals surface area contributed by atoms with Gasteiger partial charge in [-0.2, -0.15) is 0 Å². The lowest BCUT2D eigenvalue weighted by atomic mass is 10.0. The Balaban J connectivity index is 4.28. The monoisotopic (exact) mass is 854 g/mol. The Morgan fingerprint density at radius 1 is 0.559 bits per heavy atom. The van der Waals surface area contributed by atoms with Gasteiger partial charge in [0.05, 0.1) is 39.9 Å². The van der Waals surface area contributed by atoms with Gasteiger partial charge in [-0.25, -0.2) is 4.57 Å². The van der Waals surface area contributed by atoms with Crippen LogP contribution in [0.5, 0.6) is 0 Å². The van der Waals surface area contributed by atoms with E-state index in [1.54, 1.807) is 6.08 Å². The van der Waals surface area contributed by atoms with Gasteiger partial charge in [0.1, 0.15) is 13.2 Å². The molecule has 0 saturated heterocycles. The predicted molar refractivity (Wildman–Crippen MR) is 254 cm³/mol. The molecule has 0 radical (unpaired) electrons. The van der Waals surface area contributed by atoms with Crippen molar-refractivity contribution in [3.63, 3.8) is 0 Å². The fourth-order valence-corrected chi connectivity index (χ4v) is 7.87. The Morgan fingerprint density at radius 2 is 0.932 bits per heavy atom. The maximum atomic E-state index is 12.9. The maximum absolute atomic E-state index is 12.9. The quantitative estimate of drug-likeness (QED) is 0.0244. The number of nitrogens with zero attached hydrogens (tertiary/aromatic N) is 1. The number of likely N-dealkylation sites (N-methyl/N-ethyl adjacent to an activating group) is 1. The van der Waals surface area contributed by atoms with Crippen molar-refractivity contribution in [3.8, 4) is 0 Å². The summed E-state index contributed by atoms with van der Waals surface area (Å²) in [5.74, 6) is -0.189. The van der Waals surface area contributed by atoms with E-state index < -0.39 is 20.0 Å². The summed E-state index contributed by atoms with van der Waals surface area (Å²) in [7, 11) is 1.55. The maximum Gasteiger partial charge on any atom is 0.472 e. The second kappa shape index (κ2) is 42.0. The van der Waals surface area contributed by atoms with Gasteiger partial charge in [0.25, 0.3) is 0 Å². The average molecular weight is 854 g/mol. The van der Waals surface area contributed by atoms with Crippen molar-refractivity contribution in [2.75, 3.05) is 40.9 Å². The first-order valence-corrected chi connectivity index (χ1v) is 26.4. The van der Waals surface area contributed by atoms with Gasteiger partial charge in [-0.15, -0.1) is 0 Å². The van der Waals surface area contributed by atoms with Crippen LogP contribution in [0.4, 0.5) is 0 Å². The molecule has 3 unspecified atom stereocenters. The molecule has 0 aliphatic carbocycles. The van der Waals surface area contributed by atoms with Crippen molar-refractivity contribution in [3.05, 3.63) is 36.5 Å². The number of carbonyl (C=O) groups excluding carboxylic acids is 1. The number of rotatable bonds is 45. The third-order valence-corrected chi connectivity index (χ3v) is 12.1. The van der Waals surface area contributed by atoms with E-state index in [9.17, 15) is 19.4 Å². The molecule has 0 aliphatic heterocycles. The highest BCUT2D eigenvalue weighted by atomic mass is 31.2. The van der Waals surface area contributed by atoms with Crippen LogP contribution in [0.1, 0.15) is 226 Å². The highest BCUT2D eigenvalue weighted by molar-refractivity contribution is 7.47. The number of phosphoric ester groups is 1. The molecule has 0 aromatic heterocycles. The number of carbonyl (C=O) groups is 1. The third kappa shape index (κ3) is 44.6. The van der Waals surface area contributed by atoms with Crippen LogP contribution in [0.2, 0.25) is 0 Å². The summed E-state index contributed by atoms with van der Waals surface area (Å²) >= 11 is 0. The standard InChI is InChI=1S/C50H97N2O6P/c1-6-8-10-12-14-16-18-20-22-23-24-25-26-27-28-29-30-32-34-36-38-40-42-44-50(54)51-48(47-58-59(55,56)57-46-45-52(3,4)5)49(53)43-41-39-37-35-33-31-21-19-17-15-13-11-9-7-2/h17,19,33,35,41,43,48-49,53H,6-16,18,20-32,34,36-40,42,44-47H2,1-5H3,(H-,51,54,55,56)/p+1/b19-17+,35-33+,43-41+. The van der Waals surface area contributed by atoms with Gasteiger partial charge >= 0.3 is 7.82 Å². The zero-order valence-corrected chi connectivity index (χ0v) is 40.4. The second-order valence-electron chi connectivity index (χ2n) is 18.2. The molecule has 0 heterocycles. The predicted octanol–water partition coefficient (Wildman–Crippen LogP) is 14.3. The third-order valence-electron chi connectivity index (χ3n) is 11.1. The van der Waals surface area contributed by atoms with Crippen molar-refractivity contribution < 1.29 is 32.9 Å². The van der Waals surface area contributed by atoms with E-state index in [-0.39, 0.29) is 19.1 Å². The van der Waals surface area contributed by atoms with Crippen LogP contribution >= 0.6 is 7.82 Å². The Hall–Kier alpha value is -1.28. The molecule has 9 heteroatoms. The number of allylic oxidation sites excluding steroid dienone is 5. The summed E-state index contributed by atoms with van der Waals surface area (Å²) in [4.78, 5) is 23.2. The van der Waals surface area contributed by atoms with Crippen LogP contribution in [-0.4, -0.2) is 73.4 Å². The van der Waals surface area contributed by atoms with E-state index in [4.69, 9.17) is 9.05 Å². The first-order valence-electron chi connectivity index (χ1n) is 24.9. The summed E-state index contributed by atoms with van der Waals surface area (Å²) in [6.45, 7) is 4.78. The minimum atomic E-state index is -4.35. The molecule has 0 fully saturated rings. The number of aliphatic hydroxyl groups is 1. The molecular weight excluding hydrogens is 756 g/mol. The van der Waals surface area contributed by atoms with Gasteiger partial charge in [0, 0.05) is 6.42 Å². The largest absolute Gasteiger partial charge is 0.472 e. The smallest absolute Gasteiger partial charge is 0.387 e. The Labute approximate surface area is 366 Å². The van der Waals surface area contributed by atoms with Gasteiger partial charge < -0.3 is 19.8 Å². The molecule has 1 amide bonds. The van der Waals surface area contributed by atoms with Gasteiger partial charge in [-0.1, -0.05) is 211 Å². The van der Waals surface area contributed by atoms with Crippen LogP contribution in [0.15, 0.2) is 36.5 Å². The van der Waals surface area contributed by atoms with Crippen LogP contribution in [0, 0.1) is 0 Å². The van der Waals surface area contributed by atoms with E-state index in [1.807, 2.05) is 27.2 Å². The lowest BCUT2D eigenvalue weighted by molar-refractivity contribution is -0.870. The number of phosphoric acid groups is 1. The Kier molecular flexibility index (Phi) is 41.1. The van der Waals surface area contributed by atoms with Crippen molar-refractivity contribution in [2.45, 2.75) is 238 Å². The highest BCUT2D eigenvalue weighted by Gasteiger charge is 2.27. The van der Waals surface area contributed by atoms with Crippen LogP contribution < -0.4 is 5.32 Å². The zero-order valence-electron chi connectivity index (χ0n) is 39.5. The first-order chi connectivity index (χ1) is 28.5. The Bertz CT molecular complexity index is 1060. The molecule has 0 aromatic rings. The van der Waals surface area contributed by atoms with Crippen LogP contribution in [0.3, 0.4) is 0 Å². The van der Waals surface area contributed by atoms with Crippen LogP contribution in [-0.2, 0) is 18.4 Å². The highest BCUT2D eigenvalue weighted by Crippen LogP contribution is 2.43. The van der Waals surface area contributed by atoms with Crippen molar-refractivity contribution >= 4 is 13.7 Å². The summed E-state index contributed by atoms with van der Waals surface area (Å²) in [6.07, 6.45) is 52.3. The molecule has 59 heavy (non-hydrogen) atoms. The van der Waals surface area contributed by atoms with Gasteiger partial charge in [-0.3, -0.25) is 13.8 Å². The van der Waals surface area contributed by atoms with E-state index in [0.717, 1.165) is 44.9 Å². The van der Waals surface area contributed by atoms with Crippen molar-refractivity contribution in [2.24, 2.45) is 0 Å². The molecule has 3 N–H and O–H groups in total. The normalized spacial score (nSPS) is 14.5. The molecule has 0 saturated carbocycles. The number of nitrogens with one attached hydrogen (secondary N) is 1. The molecule has 0 spiro atoms. The lowest BCUT2D eigenvalue weighted by Crippen LogP contribution is -2.45. The van der Waals surface area contributed by atoms with Gasteiger partial charge in [-0.05, 0) is 44.9 Å². The van der Waals surface area contributed by atoms with E-state index in [0.29, 0.717) is 17.4 Å². The number of amides is 1. The SMILES string of the molecule is CCCCCC/C=C/CC/C=C/CC/C=C/C(O)C(COP(=O)(O)OCC[N+](C)(C)C)NC(=O)CCCCCCCCCCCCCCCCCCCCCCCCC. The summed E-state index contributed by atoms with van der Waals surface area (Å²) in [6, 6.07) is -0.866. The summed E-state index contributed by atoms with van der Waals surface area (Å²) < 4.78 is 23.6. The van der Waals surface area contributed by atoms with E-state index in [1.165, 1.54) is 161 Å². The number of unbranched alkanes of at least 4 members (excludes halogenated alkanes) is 28. The Morgan fingerprint density at radius 3 is 1.36 bits per heavy atom. The van der Waals surface area contributed by atoms with Crippen molar-refractivity contribution in [1.82, 2.24) is 5.32 Å². The molecule has 3 atom stereocenters. The minimum Gasteiger partial charge on any atom is -0.387 e. The van der Waals surface area contributed by atoms with E-state index in [2.05, 4.69) is 43.5 Å². The lowest BCUT2D eigenvalue weighted by Gasteiger charge is -2.25. The molecule has 0 aromatic carbocycles. The molecule has 0 rings (SSSR count). The summed E-state index contributed by atoms with van der Waals surface area (Å²) in [5, 5.41) is 13.8. The fourth-order valence-electron chi connectivity index (χ4n) is 7.13. The second-order valence-corrected chi connectivity index (χ2v) is 19.6. The first kappa shape index (κ1) is 57.7. The molecule has 348 valence electrons.